The van der Waals surface area contributed by atoms with Gasteiger partial charge in [-0.15, -0.1) is 11.3 Å². The predicted octanol–water partition coefficient (Wildman–Crippen LogP) is 3.81. The van der Waals surface area contributed by atoms with Crippen molar-refractivity contribution in [3.63, 3.8) is 0 Å². The zero-order chi connectivity index (χ0) is 13.1. The molecule has 18 heavy (non-hydrogen) atoms. The Bertz CT molecular complexity index is 527. The maximum absolute atomic E-state index is 6.19. The molecule has 0 aliphatic heterocycles. The van der Waals surface area contributed by atoms with Gasteiger partial charge in [-0.3, -0.25) is 0 Å². The minimum Gasteiger partial charge on any atom is -0.397 e. The summed E-state index contributed by atoms with van der Waals surface area (Å²) in [6.07, 6.45) is 2.27. The quantitative estimate of drug-likeness (QED) is 0.834. The molecule has 0 spiro atoms. The van der Waals surface area contributed by atoms with Crippen LogP contribution in [0.1, 0.15) is 31.7 Å². The summed E-state index contributed by atoms with van der Waals surface area (Å²) in [5, 5.41) is 1.10. The topological polar surface area (TPSA) is 42.2 Å². The molecule has 1 heterocycles. The molecule has 0 amide bonds. The molecule has 3 nitrogen and oxygen atoms in total. The minimum absolute atomic E-state index is 0.869. The predicted molar refractivity (Wildman–Crippen MR) is 81.6 cm³/mol. The van der Waals surface area contributed by atoms with Crippen LogP contribution in [0, 0.1) is 6.92 Å². The van der Waals surface area contributed by atoms with Crippen LogP contribution in [0.5, 0.6) is 0 Å². The van der Waals surface area contributed by atoms with Gasteiger partial charge in [-0.25, -0.2) is 4.98 Å². The van der Waals surface area contributed by atoms with Gasteiger partial charge in [0.1, 0.15) is 0 Å². The molecule has 0 saturated heterocycles. The first-order valence-electron chi connectivity index (χ1n) is 6.57. The third kappa shape index (κ3) is 2.58. The fraction of sp³-hybridized carbons (Fsp3) is 0.500. The van der Waals surface area contributed by atoms with Crippen molar-refractivity contribution in [2.24, 2.45) is 0 Å². The van der Waals surface area contributed by atoms with E-state index < -0.39 is 0 Å². The molecule has 2 aromatic rings. The van der Waals surface area contributed by atoms with Crippen molar-refractivity contribution in [2.45, 2.75) is 33.6 Å². The Morgan fingerprint density at radius 2 is 1.89 bits per heavy atom. The molecular formula is C14H21N3S. The van der Waals surface area contributed by atoms with E-state index in [0.717, 1.165) is 47.8 Å². The van der Waals surface area contributed by atoms with E-state index in [4.69, 9.17) is 5.73 Å². The third-order valence-electron chi connectivity index (χ3n) is 2.97. The highest BCUT2D eigenvalue weighted by atomic mass is 32.1. The Balaban J connectivity index is 2.43. The largest absolute Gasteiger partial charge is 0.397 e. The molecule has 4 heteroatoms. The fourth-order valence-corrected chi connectivity index (χ4v) is 3.12. The van der Waals surface area contributed by atoms with E-state index in [0.29, 0.717) is 0 Å². The number of thiazole rings is 1. The first kappa shape index (κ1) is 13.1. The van der Waals surface area contributed by atoms with Gasteiger partial charge >= 0.3 is 0 Å². The molecule has 1 aromatic carbocycles. The average Bonchev–Trinajstić information content (AvgIpc) is 2.67. The summed E-state index contributed by atoms with van der Waals surface area (Å²) in [5.41, 5.74) is 9.27. The molecule has 2 rings (SSSR count). The average molecular weight is 263 g/mol. The molecule has 0 bridgehead atoms. The Hall–Kier alpha value is -1.29. The Morgan fingerprint density at radius 3 is 2.50 bits per heavy atom. The van der Waals surface area contributed by atoms with Crippen LogP contribution in [0.25, 0.3) is 10.2 Å². The van der Waals surface area contributed by atoms with Crippen LogP contribution in [-0.4, -0.2) is 18.1 Å². The molecule has 0 aliphatic carbocycles. The van der Waals surface area contributed by atoms with Crippen molar-refractivity contribution in [3.05, 3.63) is 17.1 Å². The standard InChI is InChI=1S/C14H21N3S/c1-4-6-17(7-5-2)13-9-12-14(8-11(13)15)18-10(3)16-12/h8-9H,4-7,15H2,1-3H3. The summed E-state index contributed by atoms with van der Waals surface area (Å²) < 4.78 is 1.18. The molecule has 0 aliphatic rings. The molecule has 1 aromatic heterocycles. The van der Waals surface area contributed by atoms with Gasteiger partial charge in [0.15, 0.2) is 0 Å². The Labute approximate surface area is 113 Å². The van der Waals surface area contributed by atoms with E-state index >= 15 is 0 Å². The van der Waals surface area contributed by atoms with Crippen molar-refractivity contribution in [1.29, 1.82) is 0 Å². The zero-order valence-corrected chi connectivity index (χ0v) is 12.2. The maximum atomic E-state index is 6.19. The molecule has 0 radical (unpaired) electrons. The van der Waals surface area contributed by atoms with Crippen molar-refractivity contribution in [1.82, 2.24) is 4.98 Å². The summed E-state index contributed by atoms with van der Waals surface area (Å²) in [7, 11) is 0. The van der Waals surface area contributed by atoms with E-state index in [-0.39, 0.29) is 0 Å². The fourth-order valence-electron chi connectivity index (χ4n) is 2.26. The maximum Gasteiger partial charge on any atom is 0.0907 e. The van der Waals surface area contributed by atoms with Crippen molar-refractivity contribution in [2.75, 3.05) is 23.7 Å². The van der Waals surface area contributed by atoms with Gasteiger partial charge in [0, 0.05) is 13.1 Å². The second-order valence-corrected chi connectivity index (χ2v) is 5.83. The number of hydrogen-bond acceptors (Lipinski definition) is 4. The van der Waals surface area contributed by atoms with E-state index in [9.17, 15) is 0 Å². The molecule has 0 atom stereocenters. The molecule has 0 saturated carbocycles. The summed E-state index contributed by atoms with van der Waals surface area (Å²) >= 11 is 1.70. The number of nitrogens with two attached hydrogens (primary N) is 1. The number of benzene rings is 1. The molecule has 98 valence electrons. The number of aromatic nitrogens is 1. The van der Waals surface area contributed by atoms with E-state index in [1.54, 1.807) is 11.3 Å². The first-order valence-corrected chi connectivity index (χ1v) is 7.39. The number of anilines is 2. The second kappa shape index (κ2) is 5.57. The van der Waals surface area contributed by atoms with Crippen LogP contribution in [-0.2, 0) is 0 Å². The Morgan fingerprint density at radius 1 is 1.22 bits per heavy atom. The highest BCUT2D eigenvalue weighted by Crippen LogP contribution is 2.32. The molecule has 0 fully saturated rings. The van der Waals surface area contributed by atoms with E-state index in [1.165, 1.54) is 4.70 Å². The van der Waals surface area contributed by atoms with Crippen LogP contribution < -0.4 is 10.6 Å². The smallest absolute Gasteiger partial charge is 0.0907 e. The monoisotopic (exact) mass is 263 g/mol. The molecule has 0 unspecified atom stereocenters. The van der Waals surface area contributed by atoms with Crippen LogP contribution in [0.2, 0.25) is 0 Å². The summed E-state index contributed by atoms with van der Waals surface area (Å²) in [5.74, 6) is 0. The lowest BCUT2D eigenvalue weighted by Gasteiger charge is -2.25. The summed E-state index contributed by atoms with van der Waals surface area (Å²) in [6, 6.07) is 4.20. The second-order valence-electron chi connectivity index (χ2n) is 4.60. The van der Waals surface area contributed by atoms with E-state index in [1.807, 2.05) is 6.92 Å². The number of rotatable bonds is 5. The van der Waals surface area contributed by atoms with E-state index in [2.05, 4.69) is 35.9 Å². The van der Waals surface area contributed by atoms with Crippen LogP contribution >= 0.6 is 11.3 Å². The van der Waals surface area contributed by atoms with Crippen molar-refractivity contribution >= 4 is 32.9 Å². The van der Waals surface area contributed by atoms with Crippen LogP contribution in [0.15, 0.2) is 12.1 Å². The number of fused-ring (bicyclic) bond motifs is 1. The van der Waals surface area contributed by atoms with Gasteiger partial charge in [0.2, 0.25) is 0 Å². The van der Waals surface area contributed by atoms with Gasteiger partial charge in [-0.1, -0.05) is 13.8 Å². The molecule has 2 N–H and O–H groups in total. The number of nitrogen functional groups attached to an aromatic ring is 1. The normalized spacial score (nSPS) is 11.1. The summed E-state index contributed by atoms with van der Waals surface area (Å²) in [4.78, 5) is 6.92. The number of hydrogen-bond donors (Lipinski definition) is 1. The summed E-state index contributed by atoms with van der Waals surface area (Å²) in [6.45, 7) is 8.53. The lowest BCUT2D eigenvalue weighted by Crippen LogP contribution is -2.25. The van der Waals surface area contributed by atoms with Crippen LogP contribution in [0.3, 0.4) is 0 Å². The van der Waals surface area contributed by atoms with Gasteiger partial charge in [-0.05, 0) is 31.9 Å². The van der Waals surface area contributed by atoms with Crippen LogP contribution in [0.4, 0.5) is 11.4 Å². The highest BCUT2D eigenvalue weighted by Gasteiger charge is 2.11. The lowest BCUT2D eigenvalue weighted by atomic mass is 10.2. The van der Waals surface area contributed by atoms with Gasteiger partial charge in [-0.2, -0.15) is 0 Å². The highest BCUT2D eigenvalue weighted by molar-refractivity contribution is 7.18. The minimum atomic E-state index is 0.869. The zero-order valence-electron chi connectivity index (χ0n) is 11.4. The molecular weight excluding hydrogens is 242 g/mol. The third-order valence-corrected chi connectivity index (χ3v) is 3.91. The van der Waals surface area contributed by atoms with Gasteiger partial charge < -0.3 is 10.6 Å². The van der Waals surface area contributed by atoms with Crippen molar-refractivity contribution in [3.8, 4) is 0 Å². The number of nitrogens with zero attached hydrogens (tertiary/aromatic N) is 2. The first-order chi connectivity index (χ1) is 8.65. The van der Waals surface area contributed by atoms with Gasteiger partial charge in [0.05, 0.1) is 26.6 Å². The SMILES string of the molecule is CCCN(CCC)c1cc2nc(C)sc2cc1N. The number of aryl methyl sites for hydroxylation is 1. The van der Waals surface area contributed by atoms with Crippen molar-refractivity contribution < 1.29 is 0 Å². The van der Waals surface area contributed by atoms with Gasteiger partial charge in [0.25, 0.3) is 0 Å². The Kier molecular flexibility index (Phi) is 4.07. The lowest BCUT2D eigenvalue weighted by molar-refractivity contribution is 0.746.